The number of nitrogens with one attached hydrogen (secondary N) is 1. The normalized spacial score (nSPS) is 11.8. The number of amides is 1. The Balaban J connectivity index is 1.93. The van der Waals surface area contributed by atoms with Crippen molar-refractivity contribution in [3.05, 3.63) is 89.5 Å². The van der Waals surface area contributed by atoms with Gasteiger partial charge in [-0.1, -0.05) is 55.0 Å². The van der Waals surface area contributed by atoms with Crippen molar-refractivity contribution < 1.29 is 18.3 Å². The molecule has 2 N–H and O–H groups in total. The molecule has 0 unspecified atom stereocenters. The summed E-state index contributed by atoms with van der Waals surface area (Å²) in [4.78, 5) is 12.9. The Hall–Kier alpha value is -3.65. The van der Waals surface area contributed by atoms with Gasteiger partial charge in [0.25, 0.3) is 15.9 Å². The van der Waals surface area contributed by atoms with Crippen LogP contribution in [-0.2, 0) is 21.2 Å². The first-order chi connectivity index (χ1) is 15.7. The molecule has 0 saturated carbocycles. The number of rotatable bonds is 8. The highest BCUT2D eigenvalue weighted by molar-refractivity contribution is 7.92. The molecule has 0 spiro atoms. The SMILES string of the molecule is CCc1ccccc1N(CC(=O)N/N=C(/C)c1ccccc1O)S(=O)(=O)c1ccc(C)cc1. The Morgan fingerprint density at radius 1 is 1.00 bits per heavy atom. The summed E-state index contributed by atoms with van der Waals surface area (Å²) in [6.45, 7) is 4.99. The van der Waals surface area contributed by atoms with Gasteiger partial charge in [-0.3, -0.25) is 9.10 Å². The van der Waals surface area contributed by atoms with Gasteiger partial charge in [-0.2, -0.15) is 5.10 Å². The smallest absolute Gasteiger partial charge is 0.264 e. The second kappa shape index (κ2) is 10.3. The number of hydrazone groups is 1. The number of sulfonamides is 1. The van der Waals surface area contributed by atoms with Crippen molar-refractivity contribution in [1.82, 2.24) is 5.43 Å². The highest BCUT2D eigenvalue weighted by Crippen LogP contribution is 2.27. The van der Waals surface area contributed by atoms with Crippen molar-refractivity contribution in [2.24, 2.45) is 5.10 Å². The number of phenols is 1. The standard InChI is InChI=1S/C25H27N3O4S/c1-4-20-9-5-7-11-23(20)28(33(31,32)21-15-13-18(2)14-16-21)17-25(30)27-26-19(3)22-10-6-8-12-24(22)29/h5-16,29H,4,17H2,1-3H3,(H,27,30)/b26-19-. The molecule has 1 amide bonds. The molecule has 0 heterocycles. The Morgan fingerprint density at radius 2 is 1.64 bits per heavy atom. The number of carbonyl (C=O) groups is 1. The van der Waals surface area contributed by atoms with Gasteiger partial charge in [0.1, 0.15) is 12.3 Å². The van der Waals surface area contributed by atoms with Crippen LogP contribution in [-0.4, -0.2) is 31.7 Å². The first-order valence-electron chi connectivity index (χ1n) is 10.5. The molecule has 172 valence electrons. The molecule has 0 aliphatic rings. The molecule has 0 saturated heterocycles. The number of phenolic OH excluding ortho intramolecular Hbond substituents is 1. The van der Waals surface area contributed by atoms with Crippen LogP contribution in [0.5, 0.6) is 5.75 Å². The third-order valence-corrected chi connectivity index (χ3v) is 6.95. The maximum Gasteiger partial charge on any atom is 0.264 e. The third kappa shape index (κ3) is 5.59. The average molecular weight is 466 g/mol. The average Bonchev–Trinajstić information content (AvgIpc) is 2.81. The molecule has 0 radical (unpaired) electrons. The predicted molar refractivity (Wildman–Crippen MR) is 130 cm³/mol. The summed E-state index contributed by atoms with van der Waals surface area (Å²) in [6.07, 6.45) is 0.599. The summed E-state index contributed by atoms with van der Waals surface area (Å²) in [5.41, 5.74) is 5.45. The number of benzene rings is 3. The van der Waals surface area contributed by atoms with Gasteiger partial charge in [0.2, 0.25) is 0 Å². The summed E-state index contributed by atoms with van der Waals surface area (Å²) < 4.78 is 28.2. The van der Waals surface area contributed by atoms with Gasteiger partial charge in [-0.25, -0.2) is 13.8 Å². The van der Waals surface area contributed by atoms with E-state index in [1.165, 1.54) is 18.2 Å². The lowest BCUT2D eigenvalue weighted by Gasteiger charge is -2.26. The highest BCUT2D eigenvalue weighted by atomic mass is 32.2. The first-order valence-corrected chi connectivity index (χ1v) is 12.0. The zero-order valence-corrected chi connectivity index (χ0v) is 19.6. The fraction of sp³-hybridized carbons (Fsp3) is 0.200. The molecule has 0 fully saturated rings. The molecule has 8 heteroatoms. The molecular formula is C25H27N3O4S. The van der Waals surface area contributed by atoms with Gasteiger partial charge in [0.05, 0.1) is 16.3 Å². The largest absolute Gasteiger partial charge is 0.507 e. The van der Waals surface area contributed by atoms with E-state index in [4.69, 9.17) is 0 Å². The van der Waals surface area contributed by atoms with Gasteiger partial charge < -0.3 is 5.11 Å². The Bertz CT molecular complexity index is 1270. The Kier molecular flexibility index (Phi) is 7.50. The number of aryl methyl sites for hydroxylation is 2. The molecular weight excluding hydrogens is 438 g/mol. The van der Waals surface area contributed by atoms with Crippen molar-refractivity contribution in [3.63, 3.8) is 0 Å². The molecule has 0 aromatic heterocycles. The lowest BCUT2D eigenvalue weighted by molar-refractivity contribution is -0.119. The van der Waals surface area contributed by atoms with Crippen molar-refractivity contribution in [1.29, 1.82) is 0 Å². The molecule has 0 aliphatic carbocycles. The Labute approximate surface area is 194 Å². The number of hydrogen-bond acceptors (Lipinski definition) is 5. The molecule has 3 aromatic carbocycles. The molecule has 0 atom stereocenters. The van der Waals surface area contributed by atoms with E-state index in [0.717, 1.165) is 15.4 Å². The first kappa shape index (κ1) is 24.0. The lowest BCUT2D eigenvalue weighted by Crippen LogP contribution is -2.40. The highest BCUT2D eigenvalue weighted by Gasteiger charge is 2.28. The van der Waals surface area contributed by atoms with Crippen LogP contribution in [0.1, 0.15) is 30.5 Å². The van der Waals surface area contributed by atoms with Gasteiger partial charge in [-0.15, -0.1) is 0 Å². The summed E-state index contributed by atoms with van der Waals surface area (Å²) in [5.74, 6) is -0.570. The quantitative estimate of drug-likeness (QED) is 0.388. The molecule has 0 aliphatic heterocycles. The van der Waals surface area contributed by atoms with Crippen LogP contribution in [0, 0.1) is 6.92 Å². The van der Waals surface area contributed by atoms with Crippen molar-refractivity contribution in [3.8, 4) is 5.75 Å². The van der Waals surface area contributed by atoms with Crippen LogP contribution in [0.15, 0.2) is 82.8 Å². The molecule has 0 bridgehead atoms. The summed E-state index contributed by atoms with van der Waals surface area (Å²) in [6, 6.07) is 20.2. The number of anilines is 1. The number of para-hydroxylation sites is 2. The van der Waals surface area contributed by atoms with E-state index >= 15 is 0 Å². The van der Waals surface area contributed by atoms with Crippen LogP contribution in [0.2, 0.25) is 0 Å². The number of nitrogens with zero attached hydrogens (tertiary/aromatic N) is 2. The van der Waals surface area contributed by atoms with Crippen LogP contribution in [0.3, 0.4) is 0 Å². The molecule has 3 rings (SSSR count). The van der Waals surface area contributed by atoms with Gasteiger partial charge in [0.15, 0.2) is 0 Å². The van der Waals surface area contributed by atoms with Crippen LogP contribution < -0.4 is 9.73 Å². The lowest BCUT2D eigenvalue weighted by atomic mass is 10.1. The topological polar surface area (TPSA) is 99.1 Å². The third-order valence-electron chi connectivity index (χ3n) is 5.18. The fourth-order valence-electron chi connectivity index (χ4n) is 3.34. The van der Waals surface area contributed by atoms with Crippen LogP contribution in [0.4, 0.5) is 5.69 Å². The summed E-state index contributed by atoms with van der Waals surface area (Å²) >= 11 is 0. The maximum absolute atomic E-state index is 13.5. The van der Waals surface area contributed by atoms with E-state index in [-0.39, 0.29) is 10.6 Å². The van der Waals surface area contributed by atoms with Gasteiger partial charge in [-0.05, 0) is 56.2 Å². The predicted octanol–water partition coefficient (Wildman–Crippen LogP) is 4.00. The zero-order chi connectivity index (χ0) is 24.0. The van der Waals surface area contributed by atoms with E-state index in [0.29, 0.717) is 23.4 Å². The Morgan fingerprint density at radius 3 is 2.30 bits per heavy atom. The van der Waals surface area contributed by atoms with Crippen molar-refractivity contribution >= 4 is 27.3 Å². The number of aromatic hydroxyl groups is 1. The second-order valence-electron chi connectivity index (χ2n) is 7.56. The minimum atomic E-state index is -4.01. The van der Waals surface area contributed by atoms with Crippen molar-refractivity contribution in [2.45, 2.75) is 32.1 Å². The van der Waals surface area contributed by atoms with E-state index in [1.54, 1.807) is 49.4 Å². The number of hydrogen-bond donors (Lipinski definition) is 2. The fourth-order valence-corrected chi connectivity index (χ4v) is 4.80. The zero-order valence-electron chi connectivity index (χ0n) is 18.8. The minimum Gasteiger partial charge on any atom is -0.507 e. The van der Waals surface area contributed by atoms with E-state index in [9.17, 15) is 18.3 Å². The van der Waals surface area contributed by atoms with Gasteiger partial charge in [0, 0.05) is 5.56 Å². The molecule has 3 aromatic rings. The summed E-state index contributed by atoms with van der Waals surface area (Å²) in [7, 11) is -4.01. The monoisotopic (exact) mass is 465 g/mol. The number of carbonyl (C=O) groups excluding carboxylic acids is 1. The molecule has 7 nitrogen and oxygen atoms in total. The van der Waals surface area contributed by atoms with E-state index in [2.05, 4.69) is 10.5 Å². The molecule has 33 heavy (non-hydrogen) atoms. The minimum absolute atomic E-state index is 0.0356. The summed E-state index contributed by atoms with van der Waals surface area (Å²) in [5, 5.41) is 14.0. The van der Waals surface area contributed by atoms with E-state index in [1.807, 2.05) is 26.0 Å². The van der Waals surface area contributed by atoms with E-state index < -0.39 is 22.5 Å². The van der Waals surface area contributed by atoms with Crippen molar-refractivity contribution in [2.75, 3.05) is 10.8 Å². The maximum atomic E-state index is 13.5. The second-order valence-corrected chi connectivity index (χ2v) is 9.42. The van der Waals surface area contributed by atoms with Gasteiger partial charge >= 0.3 is 0 Å². The van der Waals surface area contributed by atoms with Crippen LogP contribution >= 0.6 is 0 Å². The van der Waals surface area contributed by atoms with Crippen LogP contribution in [0.25, 0.3) is 0 Å².